The van der Waals surface area contributed by atoms with Gasteiger partial charge in [-0.15, -0.1) is 0 Å². The van der Waals surface area contributed by atoms with Gasteiger partial charge in [-0.25, -0.2) is 4.98 Å². The average Bonchev–Trinajstić information content (AvgIpc) is 2.97. The van der Waals surface area contributed by atoms with Crippen LogP contribution in [0.4, 0.5) is 5.95 Å². The first-order valence-corrected chi connectivity index (χ1v) is 7.24. The topological polar surface area (TPSA) is 48.3 Å². The monoisotopic (exact) mass is 289 g/mol. The van der Waals surface area contributed by atoms with Crippen molar-refractivity contribution in [1.82, 2.24) is 9.55 Å². The zero-order valence-corrected chi connectivity index (χ0v) is 12.9. The van der Waals surface area contributed by atoms with Gasteiger partial charge in [-0.3, -0.25) is 0 Å². The molecule has 1 aromatic heterocycles. The summed E-state index contributed by atoms with van der Waals surface area (Å²) < 4.78 is 12.7. The second kappa shape index (κ2) is 7.57. The third-order valence-electron chi connectivity index (χ3n) is 3.34. The van der Waals surface area contributed by atoms with E-state index in [4.69, 9.17) is 9.47 Å². The van der Waals surface area contributed by atoms with Crippen molar-refractivity contribution in [2.24, 2.45) is 0 Å². The summed E-state index contributed by atoms with van der Waals surface area (Å²) >= 11 is 0. The Morgan fingerprint density at radius 1 is 1.19 bits per heavy atom. The summed E-state index contributed by atoms with van der Waals surface area (Å²) in [5.74, 6) is 2.46. The Labute approximate surface area is 125 Å². The lowest BCUT2D eigenvalue weighted by Crippen LogP contribution is -2.09. The number of hydrogen-bond acceptors (Lipinski definition) is 4. The van der Waals surface area contributed by atoms with Crippen LogP contribution in [0.3, 0.4) is 0 Å². The smallest absolute Gasteiger partial charge is 0.202 e. The van der Waals surface area contributed by atoms with Crippen molar-refractivity contribution in [1.29, 1.82) is 0 Å². The van der Waals surface area contributed by atoms with E-state index in [0.29, 0.717) is 0 Å². The molecule has 21 heavy (non-hydrogen) atoms. The normalized spacial score (nSPS) is 10.4. The van der Waals surface area contributed by atoms with Gasteiger partial charge in [-0.05, 0) is 30.5 Å². The minimum absolute atomic E-state index is 0.759. The Hall–Kier alpha value is -2.17. The molecule has 5 heteroatoms. The van der Waals surface area contributed by atoms with E-state index in [1.54, 1.807) is 14.2 Å². The van der Waals surface area contributed by atoms with Crippen LogP contribution in [0.15, 0.2) is 30.6 Å². The van der Waals surface area contributed by atoms with Crippen LogP contribution in [0.5, 0.6) is 11.5 Å². The van der Waals surface area contributed by atoms with E-state index >= 15 is 0 Å². The molecule has 5 nitrogen and oxygen atoms in total. The highest BCUT2D eigenvalue weighted by Crippen LogP contribution is 2.27. The molecular weight excluding hydrogens is 266 g/mol. The highest BCUT2D eigenvalue weighted by atomic mass is 16.5. The van der Waals surface area contributed by atoms with Gasteiger partial charge in [0.25, 0.3) is 0 Å². The van der Waals surface area contributed by atoms with Gasteiger partial charge in [0.05, 0.1) is 14.2 Å². The Kier molecular flexibility index (Phi) is 5.49. The molecule has 0 aliphatic heterocycles. The van der Waals surface area contributed by atoms with Crippen LogP contribution in [0.2, 0.25) is 0 Å². The van der Waals surface area contributed by atoms with E-state index in [-0.39, 0.29) is 0 Å². The highest BCUT2D eigenvalue weighted by Gasteiger charge is 2.06. The van der Waals surface area contributed by atoms with Crippen molar-refractivity contribution in [3.63, 3.8) is 0 Å². The Bertz CT molecular complexity index is 566. The molecule has 0 aliphatic carbocycles. The van der Waals surface area contributed by atoms with Crippen LogP contribution in [0, 0.1) is 0 Å². The van der Waals surface area contributed by atoms with Gasteiger partial charge in [-0.2, -0.15) is 0 Å². The molecule has 0 bridgehead atoms. The van der Waals surface area contributed by atoms with Crippen LogP contribution < -0.4 is 14.8 Å². The molecular formula is C16H23N3O2. The predicted octanol–water partition coefficient (Wildman–Crippen LogP) is 2.96. The van der Waals surface area contributed by atoms with Crippen LogP contribution in [0.25, 0.3) is 0 Å². The quantitative estimate of drug-likeness (QED) is 0.811. The lowest BCUT2D eigenvalue weighted by molar-refractivity contribution is 0.354. The molecule has 1 aromatic carbocycles. The number of ether oxygens (including phenoxy) is 2. The Balaban J connectivity index is 2.01. The number of nitrogens with one attached hydrogen (secondary N) is 1. The number of aryl methyl sites for hydroxylation is 2. The van der Waals surface area contributed by atoms with Crippen molar-refractivity contribution in [3.05, 3.63) is 36.2 Å². The number of aromatic nitrogens is 2. The standard InChI is InChI=1S/C16H23N3O2/c1-4-8-17-16-18-9-11-19(16)10-7-13-5-6-14(20-2)15(12-13)21-3/h5-6,9,11-12H,4,7-8,10H2,1-3H3,(H,17,18). The number of hydrogen-bond donors (Lipinski definition) is 1. The summed E-state index contributed by atoms with van der Waals surface area (Å²) in [6.45, 7) is 3.96. The van der Waals surface area contributed by atoms with Crippen molar-refractivity contribution in [2.45, 2.75) is 26.3 Å². The lowest BCUT2D eigenvalue weighted by atomic mass is 10.1. The second-order valence-electron chi connectivity index (χ2n) is 4.81. The van der Waals surface area contributed by atoms with Crippen molar-refractivity contribution in [3.8, 4) is 11.5 Å². The highest BCUT2D eigenvalue weighted by molar-refractivity contribution is 5.43. The molecule has 0 saturated carbocycles. The molecule has 0 amide bonds. The maximum Gasteiger partial charge on any atom is 0.202 e. The number of rotatable bonds is 8. The van der Waals surface area contributed by atoms with Gasteiger partial charge in [0, 0.05) is 25.5 Å². The predicted molar refractivity (Wildman–Crippen MR) is 84.3 cm³/mol. The van der Waals surface area contributed by atoms with Gasteiger partial charge in [-0.1, -0.05) is 13.0 Å². The number of benzene rings is 1. The van der Waals surface area contributed by atoms with Crippen LogP contribution >= 0.6 is 0 Å². The third kappa shape index (κ3) is 3.90. The summed E-state index contributed by atoms with van der Waals surface area (Å²) in [6.07, 6.45) is 5.82. The zero-order valence-electron chi connectivity index (χ0n) is 12.9. The van der Waals surface area contributed by atoms with E-state index in [1.807, 2.05) is 24.5 Å². The fourth-order valence-corrected chi connectivity index (χ4v) is 2.18. The summed E-state index contributed by atoms with van der Waals surface area (Å²) in [7, 11) is 3.30. The zero-order chi connectivity index (χ0) is 15.1. The summed E-state index contributed by atoms with van der Waals surface area (Å²) in [5, 5.41) is 3.33. The molecule has 0 fully saturated rings. The van der Waals surface area contributed by atoms with Crippen LogP contribution in [0.1, 0.15) is 18.9 Å². The van der Waals surface area contributed by atoms with E-state index in [2.05, 4.69) is 27.9 Å². The number of anilines is 1. The maximum atomic E-state index is 5.33. The number of imidazole rings is 1. The molecule has 2 aromatic rings. The lowest BCUT2D eigenvalue weighted by Gasteiger charge is -2.11. The van der Waals surface area contributed by atoms with Gasteiger partial charge in [0.1, 0.15) is 0 Å². The largest absolute Gasteiger partial charge is 0.493 e. The summed E-state index contributed by atoms with van der Waals surface area (Å²) in [6, 6.07) is 6.03. The third-order valence-corrected chi connectivity index (χ3v) is 3.34. The molecule has 0 atom stereocenters. The molecule has 0 saturated heterocycles. The van der Waals surface area contributed by atoms with Gasteiger partial charge in [0.15, 0.2) is 11.5 Å². The van der Waals surface area contributed by atoms with Crippen molar-refractivity contribution in [2.75, 3.05) is 26.1 Å². The molecule has 0 aliphatic rings. The second-order valence-corrected chi connectivity index (χ2v) is 4.81. The SMILES string of the molecule is CCCNc1nccn1CCc1ccc(OC)c(OC)c1. The molecule has 114 valence electrons. The minimum Gasteiger partial charge on any atom is -0.493 e. The molecule has 0 spiro atoms. The molecule has 0 radical (unpaired) electrons. The molecule has 1 heterocycles. The van der Waals surface area contributed by atoms with E-state index in [1.165, 1.54) is 5.56 Å². The summed E-state index contributed by atoms with van der Waals surface area (Å²) in [4.78, 5) is 4.33. The van der Waals surface area contributed by atoms with E-state index in [9.17, 15) is 0 Å². The van der Waals surface area contributed by atoms with Crippen molar-refractivity contribution >= 4 is 5.95 Å². The Morgan fingerprint density at radius 3 is 2.71 bits per heavy atom. The average molecular weight is 289 g/mol. The van der Waals surface area contributed by atoms with E-state index < -0.39 is 0 Å². The molecule has 0 unspecified atom stereocenters. The van der Waals surface area contributed by atoms with Gasteiger partial charge in [0.2, 0.25) is 5.95 Å². The fraction of sp³-hybridized carbons (Fsp3) is 0.438. The first-order valence-electron chi connectivity index (χ1n) is 7.24. The molecule has 1 N–H and O–H groups in total. The minimum atomic E-state index is 0.759. The van der Waals surface area contributed by atoms with Crippen molar-refractivity contribution < 1.29 is 9.47 Å². The fourth-order valence-electron chi connectivity index (χ4n) is 2.18. The maximum absolute atomic E-state index is 5.33. The van der Waals surface area contributed by atoms with E-state index in [0.717, 1.165) is 43.4 Å². The number of methoxy groups -OCH3 is 2. The Morgan fingerprint density at radius 2 is 2.00 bits per heavy atom. The van der Waals surface area contributed by atoms with Crippen LogP contribution in [-0.4, -0.2) is 30.3 Å². The van der Waals surface area contributed by atoms with Crippen LogP contribution in [-0.2, 0) is 13.0 Å². The first kappa shape index (κ1) is 15.2. The summed E-state index contributed by atoms with van der Waals surface area (Å²) in [5.41, 5.74) is 1.21. The van der Waals surface area contributed by atoms with Gasteiger partial charge < -0.3 is 19.4 Å². The first-order chi connectivity index (χ1) is 10.3. The number of nitrogens with zero attached hydrogens (tertiary/aromatic N) is 2. The van der Waals surface area contributed by atoms with Gasteiger partial charge >= 0.3 is 0 Å². The molecule has 2 rings (SSSR count).